The van der Waals surface area contributed by atoms with Crippen molar-refractivity contribution in [3.05, 3.63) is 34.4 Å². The molecule has 1 aromatic rings. The molecule has 2 aliphatic rings. The third kappa shape index (κ3) is 5.37. The van der Waals surface area contributed by atoms with E-state index in [1.54, 1.807) is 23.1 Å². The van der Waals surface area contributed by atoms with Gasteiger partial charge in [-0.25, -0.2) is 0 Å². The fourth-order valence-corrected chi connectivity index (χ4v) is 5.81. The number of amides is 1. The van der Waals surface area contributed by atoms with Gasteiger partial charge in [-0.2, -0.15) is 17.0 Å². The molecule has 3 rings (SSSR count). The standard InChI is InChI=1S/C20H32N6O5S/c1-3-24(4-2)32(30,31)25-15-9-21(10-16-25)17-20(27)23-13-11-22(12-14-23)18-7-5-6-8-19(18)26(28)29/h5-8H,3-4,9-17H2,1-2H3. The van der Waals surface area contributed by atoms with Crippen molar-refractivity contribution in [2.75, 3.05) is 76.9 Å². The molecular formula is C20H32N6O5S. The van der Waals surface area contributed by atoms with Crippen molar-refractivity contribution in [1.29, 1.82) is 0 Å². The Kier molecular flexibility index (Phi) is 8.04. The maximum absolute atomic E-state index is 12.8. The van der Waals surface area contributed by atoms with Crippen LogP contribution >= 0.6 is 0 Å². The lowest BCUT2D eigenvalue weighted by atomic mass is 10.2. The van der Waals surface area contributed by atoms with E-state index in [9.17, 15) is 23.3 Å². The molecule has 178 valence electrons. The second kappa shape index (κ2) is 10.6. The minimum atomic E-state index is -3.45. The van der Waals surface area contributed by atoms with Crippen molar-refractivity contribution < 1.29 is 18.1 Å². The molecule has 0 aliphatic carbocycles. The summed E-state index contributed by atoms with van der Waals surface area (Å²) in [5, 5.41) is 11.3. The van der Waals surface area contributed by atoms with Crippen molar-refractivity contribution in [3.8, 4) is 0 Å². The Morgan fingerprint density at radius 3 is 2.16 bits per heavy atom. The van der Waals surface area contributed by atoms with Crippen LogP contribution in [-0.4, -0.2) is 110 Å². The molecule has 0 N–H and O–H groups in total. The average molecular weight is 469 g/mol. The molecule has 11 nitrogen and oxygen atoms in total. The summed E-state index contributed by atoms with van der Waals surface area (Å²) in [4.78, 5) is 29.4. The molecule has 0 saturated carbocycles. The number of anilines is 1. The summed E-state index contributed by atoms with van der Waals surface area (Å²) in [7, 11) is -3.45. The summed E-state index contributed by atoms with van der Waals surface area (Å²) in [6.45, 7) is 8.63. The molecule has 12 heteroatoms. The third-order valence-electron chi connectivity index (χ3n) is 6.10. The molecule has 1 aromatic carbocycles. The Morgan fingerprint density at radius 1 is 1.00 bits per heavy atom. The molecule has 2 saturated heterocycles. The molecule has 0 atom stereocenters. The lowest BCUT2D eigenvalue weighted by Gasteiger charge is -2.38. The summed E-state index contributed by atoms with van der Waals surface area (Å²) >= 11 is 0. The number of piperazine rings is 2. The predicted molar refractivity (Wildman–Crippen MR) is 122 cm³/mol. The highest BCUT2D eigenvalue weighted by atomic mass is 32.2. The highest BCUT2D eigenvalue weighted by molar-refractivity contribution is 7.86. The van der Waals surface area contributed by atoms with E-state index < -0.39 is 10.2 Å². The zero-order valence-corrected chi connectivity index (χ0v) is 19.5. The van der Waals surface area contributed by atoms with Crippen LogP contribution in [0.3, 0.4) is 0 Å². The number of nitrogens with zero attached hydrogens (tertiary/aromatic N) is 6. The molecular weight excluding hydrogens is 436 g/mol. The minimum absolute atomic E-state index is 0.00672. The molecule has 32 heavy (non-hydrogen) atoms. The first-order chi connectivity index (χ1) is 15.3. The lowest BCUT2D eigenvalue weighted by Crippen LogP contribution is -2.56. The molecule has 2 aliphatic heterocycles. The summed E-state index contributed by atoms with van der Waals surface area (Å²) < 4.78 is 28.2. The van der Waals surface area contributed by atoms with Crippen LogP contribution < -0.4 is 4.90 Å². The van der Waals surface area contributed by atoms with E-state index in [0.29, 0.717) is 71.1 Å². The fourth-order valence-electron chi connectivity index (χ4n) is 4.21. The largest absolute Gasteiger partial charge is 0.362 e. The van der Waals surface area contributed by atoms with E-state index in [1.807, 2.05) is 23.6 Å². The minimum Gasteiger partial charge on any atom is -0.362 e. The van der Waals surface area contributed by atoms with Crippen molar-refractivity contribution in [2.24, 2.45) is 0 Å². The topological polar surface area (TPSA) is 111 Å². The Morgan fingerprint density at radius 2 is 1.59 bits per heavy atom. The monoisotopic (exact) mass is 468 g/mol. The molecule has 2 fully saturated rings. The van der Waals surface area contributed by atoms with Crippen LogP contribution in [0.2, 0.25) is 0 Å². The van der Waals surface area contributed by atoms with E-state index in [0.717, 1.165) is 0 Å². The average Bonchev–Trinajstić information content (AvgIpc) is 2.80. The molecule has 0 radical (unpaired) electrons. The van der Waals surface area contributed by atoms with E-state index in [1.165, 1.54) is 14.7 Å². The Hall–Kier alpha value is -2.28. The van der Waals surface area contributed by atoms with Gasteiger partial charge in [0.2, 0.25) is 5.91 Å². The second-order valence-corrected chi connectivity index (χ2v) is 9.81. The number of rotatable bonds is 8. The number of nitro groups is 1. The van der Waals surface area contributed by atoms with Gasteiger partial charge >= 0.3 is 0 Å². The summed E-state index contributed by atoms with van der Waals surface area (Å²) in [5.41, 5.74) is 0.653. The molecule has 0 bridgehead atoms. The fraction of sp³-hybridized carbons (Fsp3) is 0.650. The van der Waals surface area contributed by atoms with Crippen LogP contribution in [0.25, 0.3) is 0 Å². The van der Waals surface area contributed by atoms with E-state index in [4.69, 9.17) is 0 Å². The molecule has 0 aromatic heterocycles. The van der Waals surface area contributed by atoms with Crippen LogP contribution in [0.1, 0.15) is 13.8 Å². The van der Waals surface area contributed by atoms with Gasteiger partial charge in [0.15, 0.2) is 0 Å². The second-order valence-electron chi connectivity index (χ2n) is 7.88. The number of benzene rings is 1. The highest BCUT2D eigenvalue weighted by Gasteiger charge is 2.32. The number of carbonyl (C=O) groups is 1. The van der Waals surface area contributed by atoms with Gasteiger partial charge in [-0.15, -0.1) is 0 Å². The first kappa shape index (κ1) is 24.4. The van der Waals surface area contributed by atoms with Crippen LogP contribution in [0.15, 0.2) is 24.3 Å². The van der Waals surface area contributed by atoms with Gasteiger partial charge in [0.05, 0.1) is 11.5 Å². The van der Waals surface area contributed by atoms with Gasteiger partial charge in [0.1, 0.15) is 5.69 Å². The highest BCUT2D eigenvalue weighted by Crippen LogP contribution is 2.28. The SMILES string of the molecule is CCN(CC)S(=O)(=O)N1CCN(CC(=O)N2CCN(c3ccccc3[N+](=O)[O-])CC2)CC1. The summed E-state index contributed by atoms with van der Waals surface area (Å²) in [6, 6.07) is 6.66. The predicted octanol–water partition coefficient (Wildman–Crippen LogP) is 0.448. The third-order valence-corrected chi connectivity index (χ3v) is 8.29. The number of hydrogen-bond donors (Lipinski definition) is 0. The van der Waals surface area contributed by atoms with Crippen LogP contribution in [-0.2, 0) is 15.0 Å². The number of hydrogen-bond acceptors (Lipinski definition) is 7. The van der Waals surface area contributed by atoms with Gasteiger partial charge in [-0.3, -0.25) is 19.8 Å². The first-order valence-corrected chi connectivity index (χ1v) is 12.4. The summed E-state index contributed by atoms with van der Waals surface area (Å²) in [6.07, 6.45) is 0. The molecule has 2 heterocycles. The van der Waals surface area contributed by atoms with Crippen molar-refractivity contribution >= 4 is 27.5 Å². The molecule has 0 unspecified atom stereocenters. The summed E-state index contributed by atoms with van der Waals surface area (Å²) in [5.74, 6) is 0.00672. The quantitative estimate of drug-likeness (QED) is 0.402. The Balaban J connectivity index is 1.49. The van der Waals surface area contributed by atoms with E-state index >= 15 is 0 Å². The van der Waals surface area contributed by atoms with Gasteiger partial charge in [-0.1, -0.05) is 26.0 Å². The Bertz CT molecular complexity index is 907. The molecule has 1 amide bonds. The van der Waals surface area contributed by atoms with Gasteiger partial charge < -0.3 is 9.80 Å². The van der Waals surface area contributed by atoms with E-state index in [2.05, 4.69) is 0 Å². The Labute approximate surface area is 189 Å². The zero-order chi connectivity index (χ0) is 23.3. The van der Waals surface area contributed by atoms with Crippen molar-refractivity contribution in [3.63, 3.8) is 0 Å². The maximum Gasteiger partial charge on any atom is 0.292 e. The van der Waals surface area contributed by atoms with Gasteiger partial charge in [-0.05, 0) is 6.07 Å². The van der Waals surface area contributed by atoms with E-state index in [-0.39, 0.29) is 23.1 Å². The maximum atomic E-state index is 12.8. The van der Waals surface area contributed by atoms with Gasteiger partial charge in [0.25, 0.3) is 15.9 Å². The van der Waals surface area contributed by atoms with Crippen LogP contribution in [0, 0.1) is 10.1 Å². The number of para-hydroxylation sites is 2. The van der Waals surface area contributed by atoms with Crippen molar-refractivity contribution in [2.45, 2.75) is 13.8 Å². The zero-order valence-electron chi connectivity index (χ0n) is 18.7. The normalized spacial score (nSPS) is 18.8. The first-order valence-electron chi connectivity index (χ1n) is 11.0. The number of nitro benzene ring substituents is 1. The smallest absolute Gasteiger partial charge is 0.292 e. The van der Waals surface area contributed by atoms with Crippen LogP contribution in [0.4, 0.5) is 11.4 Å². The van der Waals surface area contributed by atoms with Crippen molar-refractivity contribution in [1.82, 2.24) is 18.4 Å². The van der Waals surface area contributed by atoms with Crippen LogP contribution in [0.5, 0.6) is 0 Å². The number of carbonyl (C=O) groups excluding carboxylic acids is 1. The van der Waals surface area contributed by atoms with Gasteiger partial charge in [0, 0.05) is 71.5 Å². The molecule has 0 spiro atoms. The lowest BCUT2D eigenvalue weighted by molar-refractivity contribution is -0.384.